The Bertz CT molecular complexity index is 247. The standard InChI is InChI=1S/C11H18N2O2/c12-7-3-5-10-4-1-2-8-13(10)9-6-11(14)15/h10H,1-6,8-9H2,(H,14,15). The van der Waals surface area contributed by atoms with Gasteiger partial charge in [-0.25, -0.2) is 0 Å². The van der Waals surface area contributed by atoms with Crippen LogP contribution in [0.15, 0.2) is 0 Å². The average molecular weight is 210 g/mol. The molecule has 0 saturated carbocycles. The predicted molar refractivity (Wildman–Crippen MR) is 56.3 cm³/mol. The summed E-state index contributed by atoms with van der Waals surface area (Å²) in [7, 11) is 0. The summed E-state index contributed by atoms with van der Waals surface area (Å²) in [5.74, 6) is -0.736. The molecule has 4 heteroatoms. The van der Waals surface area contributed by atoms with Gasteiger partial charge in [-0.05, 0) is 25.8 Å². The maximum Gasteiger partial charge on any atom is 0.304 e. The molecule has 0 aromatic carbocycles. The van der Waals surface area contributed by atoms with Crippen LogP contribution in [-0.4, -0.2) is 35.1 Å². The van der Waals surface area contributed by atoms with E-state index in [9.17, 15) is 4.79 Å². The van der Waals surface area contributed by atoms with Crippen molar-refractivity contribution in [3.8, 4) is 6.07 Å². The van der Waals surface area contributed by atoms with E-state index in [0.717, 1.165) is 25.8 Å². The zero-order valence-corrected chi connectivity index (χ0v) is 8.98. The van der Waals surface area contributed by atoms with Gasteiger partial charge in [-0.3, -0.25) is 9.69 Å². The Morgan fingerprint density at radius 3 is 3.00 bits per heavy atom. The number of likely N-dealkylation sites (tertiary alicyclic amines) is 1. The molecule has 0 aromatic heterocycles. The van der Waals surface area contributed by atoms with Gasteiger partial charge in [0.05, 0.1) is 12.5 Å². The minimum Gasteiger partial charge on any atom is -0.481 e. The molecule has 4 nitrogen and oxygen atoms in total. The number of aliphatic carboxylic acids is 1. The third-order valence-corrected chi connectivity index (χ3v) is 2.95. The van der Waals surface area contributed by atoms with Gasteiger partial charge in [0.1, 0.15) is 0 Å². The molecule has 1 heterocycles. The van der Waals surface area contributed by atoms with E-state index in [1.807, 2.05) is 0 Å². The van der Waals surface area contributed by atoms with Gasteiger partial charge in [-0.1, -0.05) is 6.42 Å². The molecule has 0 spiro atoms. The fourth-order valence-electron chi connectivity index (χ4n) is 2.15. The van der Waals surface area contributed by atoms with E-state index in [-0.39, 0.29) is 6.42 Å². The van der Waals surface area contributed by atoms with Gasteiger partial charge in [-0.15, -0.1) is 0 Å². The Morgan fingerprint density at radius 1 is 1.53 bits per heavy atom. The van der Waals surface area contributed by atoms with Crippen molar-refractivity contribution in [2.75, 3.05) is 13.1 Å². The summed E-state index contributed by atoms with van der Waals surface area (Å²) in [4.78, 5) is 12.7. The van der Waals surface area contributed by atoms with Crippen LogP contribution in [0.2, 0.25) is 0 Å². The average Bonchev–Trinajstić information content (AvgIpc) is 2.24. The Balaban J connectivity index is 2.36. The SMILES string of the molecule is N#CCCC1CCCCN1CCC(=O)O. The maximum absolute atomic E-state index is 10.5. The lowest BCUT2D eigenvalue weighted by molar-refractivity contribution is -0.137. The molecule has 1 rings (SSSR count). The molecular formula is C11H18N2O2. The summed E-state index contributed by atoms with van der Waals surface area (Å²) in [5.41, 5.74) is 0. The van der Waals surface area contributed by atoms with E-state index in [4.69, 9.17) is 10.4 Å². The summed E-state index contributed by atoms with van der Waals surface area (Å²) in [6, 6.07) is 2.59. The smallest absolute Gasteiger partial charge is 0.304 e. The number of rotatable bonds is 5. The van der Waals surface area contributed by atoms with Gasteiger partial charge in [0.25, 0.3) is 0 Å². The third kappa shape index (κ3) is 4.30. The largest absolute Gasteiger partial charge is 0.481 e. The Labute approximate surface area is 90.5 Å². The quantitative estimate of drug-likeness (QED) is 0.749. The first-order chi connectivity index (χ1) is 7.24. The highest BCUT2D eigenvalue weighted by molar-refractivity contribution is 5.66. The maximum atomic E-state index is 10.5. The number of carboxylic acid groups (broad SMARTS) is 1. The second-order valence-electron chi connectivity index (χ2n) is 4.03. The molecule has 84 valence electrons. The van der Waals surface area contributed by atoms with Crippen molar-refractivity contribution in [3.63, 3.8) is 0 Å². The third-order valence-electron chi connectivity index (χ3n) is 2.95. The molecule has 0 amide bonds. The Morgan fingerprint density at radius 2 is 2.33 bits per heavy atom. The minimum absolute atomic E-state index is 0.211. The number of hydrogen-bond acceptors (Lipinski definition) is 3. The van der Waals surface area contributed by atoms with Crippen LogP contribution in [0.1, 0.15) is 38.5 Å². The molecule has 1 aliphatic rings. The van der Waals surface area contributed by atoms with Crippen LogP contribution in [0.3, 0.4) is 0 Å². The van der Waals surface area contributed by atoms with Crippen LogP contribution in [0.25, 0.3) is 0 Å². The molecule has 1 atom stereocenters. The number of carboxylic acids is 1. The topological polar surface area (TPSA) is 64.3 Å². The summed E-state index contributed by atoms with van der Waals surface area (Å²) in [5, 5.41) is 17.2. The molecule has 1 aliphatic heterocycles. The van der Waals surface area contributed by atoms with Crippen molar-refractivity contribution in [1.29, 1.82) is 5.26 Å². The number of nitriles is 1. The molecule has 0 aromatic rings. The normalized spacial score (nSPS) is 22.2. The first kappa shape index (κ1) is 12.0. The highest BCUT2D eigenvalue weighted by Crippen LogP contribution is 2.20. The molecule has 0 radical (unpaired) electrons. The fourth-order valence-corrected chi connectivity index (χ4v) is 2.15. The van der Waals surface area contributed by atoms with Gasteiger partial charge in [0.15, 0.2) is 0 Å². The van der Waals surface area contributed by atoms with E-state index in [2.05, 4.69) is 11.0 Å². The molecular weight excluding hydrogens is 192 g/mol. The van der Waals surface area contributed by atoms with E-state index >= 15 is 0 Å². The van der Waals surface area contributed by atoms with Crippen molar-refractivity contribution < 1.29 is 9.90 Å². The van der Waals surface area contributed by atoms with Gasteiger partial charge in [-0.2, -0.15) is 5.26 Å². The zero-order chi connectivity index (χ0) is 11.1. The van der Waals surface area contributed by atoms with Crippen molar-refractivity contribution in [3.05, 3.63) is 0 Å². The molecule has 1 N–H and O–H groups in total. The Hall–Kier alpha value is -1.08. The first-order valence-corrected chi connectivity index (χ1v) is 5.57. The van der Waals surface area contributed by atoms with Gasteiger partial charge >= 0.3 is 5.97 Å². The molecule has 15 heavy (non-hydrogen) atoms. The number of carbonyl (C=O) groups is 1. The summed E-state index contributed by atoms with van der Waals surface area (Å²) in [6.45, 7) is 1.62. The molecule has 1 fully saturated rings. The molecule has 0 aliphatic carbocycles. The lowest BCUT2D eigenvalue weighted by atomic mass is 9.98. The van der Waals surface area contributed by atoms with E-state index in [1.165, 1.54) is 6.42 Å². The number of piperidine rings is 1. The molecule has 1 saturated heterocycles. The van der Waals surface area contributed by atoms with Crippen LogP contribution in [0.4, 0.5) is 0 Å². The van der Waals surface area contributed by atoms with E-state index in [1.54, 1.807) is 0 Å². The van der Waals surface area contributed by atoms with Crippen molar-refractivity contribution >= 4 is 5.97 Å². The van der Waals surface area contributed by atoms with Crippen LogP contribution < -0.4 is 0 Å². The predicted octanol–water partition coefficient (Wildman–Crippen LogP) is 1.62. The van der Waals surface area contributed by atoms with E-state index in [0.29, 0.717) is 19.0 Å². The summed E-state index contributed by atoms with van der Waals surface area (Å²) >= 11 is 0. The van der Waals surface area contributed by atoms with Crippen molar-refractivity contribution in [1.82, 2.24) is 4.90 Å². The monoisotopic (exact) mass is 210 g/mol. The lowest BCUT2D eigenvalue weighted by Gasteiger charge is -2.35. The summed E-state index contributed by atoms with van der Waals surface area (Å²) < 4.78 is 0. The van der Waals surface area contributed by atoms with Crippen LogP contribution in [0.5, 0.6) is 0 Å². The van der Waals surface area contributed by atoms with Gasteiger partial charge in [0, 0.05) is 19.0 Å². The second-order valence-corrected chi connectivity index (χ2v) is 4.03. The molecule has 1 unspecified atom stereocenters. The highest BCUT2D eigenvalue weighted by Gasteiger charge is 2.21. The minimum atomic E-state index is -0.736. The number of hydrogen-bond donors (Lipinski definition) is 1. The second kappa shape index (κ2) is 6.41. The fraction of sp³-hybridized carbons (Fsp3) is 0.818. The van der Waals surface area contributed by atoms with Crippen molar-refractivity contribution in [2.45, 2.75) is 44.6 Å². The van der Waals surface area contributed by atoms with E-state index < -0.39 is 5.97 Å². The highest BCUT2D eigenvalue weighted by atomic mass is 16.4. The molecule has 0 bridgehead atoms. The summed E-state index contributed by atoms with van der Waals surface area (Å²) in [6.07, 6.45) is 5.15. The number of nitrogens with zero attached hydrogens (tertiary/aromatic N) is 2. The lowest BCUT2D eigenvalue weighted by Crippen LogP contribution is -2.40. The van der Waals surface area contributed by atoms with Gasteiger partial charge in [0.2, 0.25) is 0 Å². The van der Waals surface area contributed by atoms with Crippen molar-refractivity contribution in [2.24, 2.45) is 0 Å². The van der Waals surface area contributed by atoms with Crippen LogP contribution in [0, 0.1) is 11.3 Å². The van der Waals surface area contributed by atoms with Gasteiger partial charge < -0.3 is 5.11 Å². The zero-order valence-electron chi connectivity index (χ0n) is 8.98. The Kier molecular flexibility index (Phi) is 5.13. The van der Waals surface area contributed by atoms with Crippen LogP contribution >= 0.6 is 0 Å². The van der Waals surface area contributed by atoms with Crippen LogP contribution in [-0.2, 0) is 4.79 Å². The first-order valence-electron chi connectivity index (χ1n) is 5.57.